The Morgan fingerprint density at radius 3 is 1.88 bits per heavy atom. The van der Waals surface area contributed by atoms with E-state index in [2.05, 4.69) is 0 Å². The van der Waals surface area contributed by atoms with Crippen LogP contribution in [0.25, 0.3) is 0 Å². The Labute approximate surface area is 247 Å². The van der Waals surface area contributed by atoms with E-state index < -0.39 is 57.4 Å². The summed E-state index contributed by atoms with van der Waals surface area (Å²) in [4.78, 5) is 54.5. The van der Waals surface area contributed by atoms with E-state index in [4.69, 9.17) is 21.1 Å². The van der Waals surface area contributed by atoms with E-state index >= 15 is 0 Å². The Kier molecular flexibility index (Phi) is 9.73. The van der Waals surface area contributed by atoms with Crippen LogP contribution in [-0.2, 0) is 4.74 Å². The number of hydrogen-bond donors (Lipinski definition) is 2. The first-order chi connectivity index (χ1) is 20.2. The SMILES string of the molecule is CCCCCOC(=O)c1c(C(=O)c2ccccc2)c(O)c(O)c(OC(=O)c2ccccc2)c1C(=O)c1cccc(Cl)c1. The third-order valence-electron chi connectivity index (χ3n) is 6.37. The van der Waals surface area contributed by atoms with Crippen molar-refractivity contribution in [1.82, 2.24) is 0 Å². The standard InChI is InChI=1S/C33H27ClO8/c1-2-3-10-18-41-33(40)24-25(27(35)20-12-6-4-7-13-20)29(37)30(38)31(42-32(39)21-14-8-5-9-15-21)26(24)28(36)22-16-11-17-23(34)19-22/h4-9,11-17,19,37-38H,2-3,10,18H2,1H3. The van der Waals surface area contributed by atoms with Gasteiger partial charge in [0, 0.05) is 16.1 Å². The number of carbonyl (C=O) groups is 4. The summed E-state index contributed by atoms with van der Waals surface area (Å²) in [6, 6.07) is 21.1. The molecular formula is C33H27ClO8. The zero-order valence-electron chi connectivity index (χ0n) is 22.6. The van der Waals surface area contributed by atoms with Crippen LogP contribution in [0.15, 0.2) is 84.9 Å². The van der Waals surface area contributed by atoms with Gasteiger partial charge in [0.25, 0.3) is 0 Å². The van der Waals surface area contributed by atoms with Gasteiger partial charge in [0.15, 0.2) is 23.1 Å². The Morgan fingerprint density at radius 1 is 0.667 bits per heavy atom. The minimum absolute atomic E-state index is 0.0391. The summed E-state index contributed by atoms with van der Waals surface area (Å²) in [7, 11) is 0. The number of halogens is 1. The number of rotatable bonds is 11. The zero-order valence-corrected chi connectivity index (χ0v) is 23.4. The molecule has 0 spiro atoms. The third-order valence-corrected chi connectivity index (χ3v) is 6.60. The fourth-order valence-electron chi connectivity index (χ4n) is 4.27. The topological polar surface area (TPSA) is 127 Å². The highest BCUT2D eigenvalue weighted by molar-refractivity contribution is 6.31. The number of benzene rings is 4. The molecule has 214 valence electrons. The fraction of sp³-hybridized carbons (Fsp3) is 0.152. The lowest BCUT2D eigenvalue weighted by Crippen LogP contribution is -2.22. The first kappa shape index (κ1) is 30.0. The zero-order chi connectivity index (χ0) is 30.2. The molecule has 0 heterocycles. The van der Waals surface area contributed by atoms with Crippen LogP contribution in [0, 0.1) is 0 Å². The summed E-state index contributed by atoms with van der Waals surface area (Å²) in [5.74, 6) is -6.83. The number of carbonyl (C=O) groups excluding carboxylic acids is 4. The van der Waals surface area contributed by atoms with Crippen molar-refractivity contribution in [2.24, 2.45) is 0 Å². The van der Waals surface area contributed by atoms with E-state index in [0.29, 0.717) is 6.42 Å². The lowest BCUT2D eigenvalue weighted by Gasteiger charge is -2.20. The van der Waals surface area contributed by atoms with Crippen LogP contribution < -0.4 is 4.74 Å². The van der Waals surface area contributed by atoms with E-state index in [1.165, 1.54) is 48.5 Å². The molecule has 0 atom stereocenters. The molecule has 0 unspecified atom stereocenters. The molecule has 4 aromatic carbocycles. The highest BCUT2D eigenvalue weighted by Crippen LogP contribution is 2.46. The van der Waals surface area contributed by atoms with Gasteiger partial charge >= 0.3 is 11.9 Å². The van der Waals surface area contributed by atoms with Gasteiger partial charge in [-0.3, -0.25) is 9.59 Å². The molecule has 4 aromatic rings. The normalized spacial score (nSPS) is 10.6. The van der Waals surface area contributed by atoms with Crippen molar-refractivity contribution in [1.29, 1.82) is 0 Å². The predicted molar refractivity (Wildman–Crippen MR) is 156 cm³/mol. The third kappa shape index (κ3) is 6.50. The quantitative estimate of drug-likeness (QED) is 0.0647. The Hall–Kier alpha value is -4.95. The molecule has 0 bridgehead atoms. The van der Waals surface area contributed by atoms with E-state index in [9.17, 15) is 29.4 Å². The van der Waals surface area contributed by atoms with Gasteiger partial charge in [0.2, 0.25) is 5.75 Å². The molecule has 0 aliphatic heterocycles. The lowest BCUT2D eigenvalue weighted by molar-refractivity contribution is 0.0489. The number of esters is 2. The summed E-state index contributed by atoms with van der Waals surface area (Å²) >= 11 is 6.13. The largest absolute Gasteiger partial charge is 0.504 e. The van der Waals surface area contributed by atoms with Crippen LogP contribution in [0.4, 0.5) is 0 Å². The molecule has 8 nitrogen and oxygen atoms in total. The number of phenols is 2. The number of ether oxygens (including phenoxy) is 2. The van der Waals surface area contributed by atoms with E-state index in [-0.39, 0.29) is 28.3 Å². The van der Waals surface area contributed by atoms with Crippen molar-refractivity contribution in [3.05, 3.63) is 123 Å². The van der Waals surface area contributed by atoms with Crippen LogP contribution in [0.1, 0.15) is 78.7 Å². The maximum Gasteiger partial charge on any atom is 0.343 e. The molecule has 0 saturated heterocycles. The molecule has 0 aliphatic carbocycles. The number of hydrogen-bond acceptors (Lipinski definition) is 8. The van der Waals surface area contributed by atoms with Gasteiger partial charge in [-0.2, -0.15) is 0 Å². The average molecular weight is 587 g/mol. The predicted octanol–water partition coefficient (Wildman–Crippen LogP) is 6.78. The lowest BCUT2D eigenvalue weighted by atomic mass is 9.88. The van der Waals surface area contributed by atoms with Crippen LogP contribution in [0.5, 0.6) is 17.2 Å². The molecule has 0 amide bonds. The van der Waals surface area contributed by atoms with E-state index in [1.807, 2.05) is 6.92 Å². The number of ketones is 2. The number of unbranched alkanes of at least 4 members (excludes halogenated alkanes) is 2. The molecule has 0 saturated carbocycles. The molecule has 0 fully saturated rings. The maximum atomic E-state index is 14.1. The molecule has 0 radical (unpaired) electrons. The Bertz CT molecular complexity index is 1630. The second kappa shape index (κ2) is 13.6. The Balaban J connectivity index is 2.01. The first-order valence-electron chi connectivity index (χ1n) is 13.2. The maximum absolute atomic E-state index is 14.1. The van der Waals surface area contributed by atoms with E-state index in [1.54, 1.807) is 36.4 Å². The molecular weight excluding hydrogens is 560 g/mol. The molecule has 0 aromatic heterocycles. The van der Waals surface area contributed by atoms with Gasteiger partial charge in [-0.25, -0.2) is 9.59 Å². The minimum Gasteiger partial charge on any atom is -0.504 e. The van der Waals surface area contributed by atoms with Crippen molar-refractivity contribution >= 4 is 35.1 Å². The van der Waals surface area contributed by atoms with Crippen LogP contribution in [0.2, 0.25) is 5.02 Å². The Morgan fingerprint density at radius 2 is 1.26 bits per heavy atom. The smallest absolute Gasteiger partial charge is 0.343 e. The number of phenolic OH excluding ortho intramolecular Hbond substituents is 2. The highest BCUT2D eigenvalue weighted by atomic mass is 35.5. The van der Waals surface area contributed by atoms with Crippen LogP contribution >= 0.6 is 11.6 Å². The second-order valence-electron chi connectivity index (χ2n) is 9.28. The van der Waals surface area contributed by atoms with Crippen molar-refractivity contribution in [2.45, 2.75) is 26.2 Å². The fourth-order valence-corrected chi connectivity index (χ4v) is 4.46. The molecule has 42 heavy (non-hydrogen) atoms. The van der Waals surface area contributed by atoms with Gasteiger partial charge in [-0.1, -0.05) is 92.0 Å². The molecule has 4 rings (SSSR count). The summed E-state index contributed by atoms with van der Waals surface area (Å²) in [6.07, 6.45) is 2.09. The van der Waals surface area contributed by atoms with Crippen molar-refractivity contribution in [3.63, 3.8) is 0 Å². The van der Waals surface area contributed by atoms with Crippen molar-refractivity contribution in [2.75, 3.05) is 6.61 Å². The van der Waals surface area contributed by atoms with E-state index in [0.717, 1.165) is 12.8 Å². The monoisotopic (exact) mass is 586 g/mol. The van der Waals surface area contributed by atoms with Crippen LogP contribution in [0.3, 0.4) is 0 Å². The van der Waals surface area contributed by atoms with Gasteiger partial charge in [-0.15, -0.1) is 0 Å². The van der Waals surface area contributed by atoms with Crippen molar-refractivity contribution < 1.29 is 38.9 Å². The summed E-state index contributed by atoms with van der Waals surface area (Å²) < 4.78 is 10.9. The summed E-state index contributed by atoms with van der Waals surface area (Å²) in [6.45, 7) is 1.92. The van der Waals surface area contributed by atoms with Gasteiger partial charge in [0.1, 0.15) is 0 Å². The summed E-state index contributed by atoms with van der Waals surface area (Å²) in [5, 5.41) is 22.5. The molecule has 9 heteroatoms. The summed E-state index contributed by atoms with van der Waals surface area (Å²) in [5.41, 5.74) is -1.90. The number of aromatic hydroxyl groups is 2. The van der Waals surface area contributed by atoms with Gasteiger partial charge in [0.05, 0.1) is 28.9 Å². The first-order valence-corrected chi connectivity index (χ1v) is 13.6. The highest BCUT2D eigenvalue weighted by Gasteiger charge is 2.37. The molecule has 0 aliphatic rings. The average Bonchev–Trinajstić information content (AvgIpc) is 3.01. The molecule has 2 N–H and O–H groups in total. The minimum atomic E-state index is -1.12. The second-order valence-corrected chi connectivity index (χ2v) is 9.72. The van der Waals surface area contributed by atoms with Crippen LogP contribution in [-0.4, -0.2) is 40.3 Å². The van der Waals surface area contributed by atoms with Gasteiger partial charge in [-0.05, 0) is 30.7 Å². The van der Waals surface area contributed by atoms with Gasteiger partial charge < -0.3 is 19.7 Å². The van der Waals surface area contributed by atoms with Crippen molar-refractivity contribution in [3.8, 4) is 17.2 Å².